The molecule has 0 aromatic heterocycles. The number of nitrogen functional groups attached to an aromatic ring is 1. The summed E-state index contributed by atoms with van der Waals surface area (Å²) in [6.07, 6.45) is 2.79. The monoisotopic (exact) mass is 303 g/mol. The summed E-state index contributed by atoms with van der Waals surface area (Å²) in [4.78, 5) is 25.5. The van der Waals surface area contributed by atoms with Crippen molar-refractivity contribution in [2.75, 3.05) is 25.9 Å². The van der Waals surface area contributed by atoms with E-state index in [1.54, 1.807) is 23.1 Å². The predicted octanol–water partition coefficient (Wildman–Crippen LogP) is 1.18. The largest absolute Gasteiger partial charge is 0.495 e. The normalized spacial score (nSPS) is 15.2. The van der Waals surface area contributed by atoms with Crippen molar-refractivity contribution in [3.05, 3.63) is 36.4 Å². The topological polar surface area (TPSA) is 84.7 Å². The number of anilines is 1. The zero-order valence-corrected chi connectivity index (χ0v) is 12.7. The molecule has 22 heavy (non-hydrogen) atoms. The third-order valence-electron chi connectivity index (χ3n) is 3.81. The molecule has 0 saturated carbocycles. The Hall–Kier alpha value is -2.50. The lowest BCUT2D eigenvalue weighted by Crippen LogP contribution is -2.46. The number of nitrogens with zero attached hydrogens (tertiary/aromatic N) is 1. The lowest BCUT2D eigenvalue weighted by atomic mass is 10.0. The van der Waals surface area contributed by atoms with E-state index in [4.69, 9.17) is 10.5 Å². The molecule has 118 valence electrons. The third kappa shape index (κ3) is 3.58. The molecular formula is C16H21N3O3. The minimum Gasteiger partial charge on any atom is -0.495 e. The average Bonchev–Trinajstić information content (AvgIpc) is 2.55. The number of nitrogens with one attached hydrogen (secondary N) is 1. The van der Waals surface area contributed by atoms with Crippen molar-refractivity contribution >= 4 is 17.5 Å². The number of piperidine rings is 1. The number of ether oxygens (including phenoxy) is 1. The van der Waals surface area contributed by atoms with E-state index in [1.165, 1.54) is 13.2 Å². The second kappa shape index (κ2) is 6.98. The molecule has 0 atom stereocenters. The second-order valence-electron chi connectivity index (χ2n) is 5.23. The number of hydrogen-bond donors (Lipinski definition) is 2. The van der Waals surface area contributed by atoms with Gasteiger partial charge in [-0.3, -0.25) is 9.59 Å². The van der Waals surface area contributed by atoms with Crippen LogP contribution in [0.25, 0.3) is 0 Å². The fraction of sp³-hybridized carbons (Fsp3) is 0.375. The first kappa shape index (κ1) is 15.9. The number of rotatable bonds is 4. The maximum absolute atomic E-state index is 12.3. The van der Waals surface area contributed by atoms with Crippen molar-refractivity contribution in [1.82, 2.24) is 10.2 Å². The summed E-state index contributed by atoms with van der Waals surface area (Å²) in [6, 6.07) is 5.01. The number of carbonyl (C=O) groups excluding carboxylic acids is 2. The SMILES string of the molecule is C=CC(=O)N1CCC(NC(=O)c2ccc(N)c(OC)c2)CC1. The van der Waals surface area contributed by atoms with Crippen LogP contribution in [0.15, 0.2) is 30.9 Å². The highest BCUT2D eigenvalue weighted by Gasteiger charge is 2.23. The van der Waals surface area contributed by atoms with Crippen LogP contribution in [0.1, 0.15) is 23.2 Å². The van der Waals surface area contributed by atoms with Gasteiger partial charge in [-0.1, -0.05) is 6.58 Å². The Morgan fingerprint density at radius 1 is 1.41 bits per heavy atom. The van der Waals surface area contributed by atoms with Gasteiger partial charge in [0.05, 0.1) is 12.8 Å². The molecule has 1 aromatic rings. The van der Waals surface area contributed by atoms with Crippen LogP contribution in [0, 0.1) is 0 Å². The molecule has 0 unspecified atom stereocenters. The van der Waals surface area contributed by atoms with Crippen molar-refractivity contribution in [2.45, 2.75) is 18.9 Å². The molecule has 1 saturated heterocycles. The first-order valence-electron chi connectivity index (χ1n) is 7.21. The number of amides is 2. The minimum atomic E-state index is -0.160. The highest BCUT2D eigenvalue weighted by Crippen LogP contribution is 2.22. The molecule has 0 aliphatic carbocycles. The third-order valence-corrected chi connectivity index (χ3v) is 3.81. The lowest BCUT2D eigenvalue weighted by molar-refractivity contribution is -0.127. The molecule has 0 bridgehead atoms. The predicted molar refractivity (Wildman–Crippen MR) is 84.7 cm³/mol. The van der Waals surface area contributed by atoms with Crippen molar-refractivity contribution < 1.29 is 14.3 Å². The fourth-order valence-corrected chi connectivity index (χ4v) is 2.49. The second-order valence-corrected chi connectivity index (χ2v) is 5.23. The molecule has 6 heteroatoms. The number of benzene rings is 1. The van der Waals surface area contributed by atoms with Gasteiger partial charge in [-0.15, -0.1) is 0 Å². The molecule has 1 fully saturated rings. The van der Waals surface area contributed by atoms with Crippen LogP contribution in [0.4, 0.5) is 5.69 Å². The van der Waals surface area contributed by atoms with Gasteiger partial charge >= 0.3 is 0 Å². The molecule has 2 amide bonds. The average molecular weight is 303 g/mol. The zero-order valence-electron chi connectivity index (χ0n) is 12.7. The maximum Gasteiger partial charge on any atom is 0.251 e. The standard InChI is InChI=1S/C16H21N3O3/c1-3-15(20)19-8-6-12(7-9-19)18-16(21)11-4-5-13(17)14(10-11)22-2/h3-5,10,12H,1,6-9,17H2,2H3,(H,18,21). The molecule has 1 aromatic carbocycles. The number of nitrogens with two attached hydrogens (primary N) is 1. The Labute approximate surface area is 129 Å². The summed E-state index contributed by atoms with van der Waals surface area (Å²) in [5.41, 5.74) is 6.74. The molecule has 1 aliphatic heterocycles. The van der Waals surface area contributed by atoms with Gasteiger partial charge in [-0.2, -0.15) is 0 Å². The van der Waals surface area contributed by atoms with Crippen LogP contribution in [-0.2, 0) is 4.79 Å². The quantitative estimate of drug-likeness (QED) is 0.646. The van der Waals surface area contributed by atoms with Crippen molar-refractivity contribution in [3.8, 4) is 5.75 Å². The zero-order chi connectivity index (χ0) is 16.1. The van der Waals surface area contributed by atoms with Crippen LogP contribution in [-0.4, -0.2) is 43.0 Å². The summed E-state index contributed by atoms with van der Waals surface area (Å²) in [7, 11) is 1.51. The van der Waals surface area contributed by atoms with Crippen LogP contribution in [0.2, 0.25) is 0 Å². The van der Waals surface area contributed by atoms with Gasteiger partial charge in [-0.05, 0) is 37.1 Å². The Bertz CT molecular complexity index is 578. The highest BCUT2D eigenvalue weighted by atomic mass is 16.5. The Morgan fingerprint density at radius 3 is 2.68 bits per heavy atom. The van der Waals surface area contributed by atoms with E-state index in [9.17, 15) is 9.59 Å². The van der Waals surface area contributed by atoms with E-state index in [2.05, 4.69) is 11.9 Å². The van der Waals surface area contributed by atoms with Crippen LogP contribution in [0.5, 0.6) is 5.75 Å². The molecular weight excluding hydrogens is 282 g/mol. The molecule has 2 rings (SSSR count). The van der Waals surface area contributed by atoms with Gasteiger partial charge in [0.1, 0.15) is 5.75 Å². The van der Waals surface area contributed by atoms with Crippen LogP contribution in [0.3, 0.4) is 0 Å². The van der Waals surface area contributed by atoms with Gasteiger partial charge in [0, 0.05) is 24.7 Å². The summed E-state index contributed by atoms with van der Waals surface area (Å²) in [5.74, 6) is 0.263. The van der Waals surface area contributed by atoms with E-state index in [1.807, 2.05) is 0 Å². The maximum atomic E-state index is 12.3. The summed E-state index contributed by atoms with van der Waals surface area (Å²) < 4.78 is 5.12. The molecule has 1 heterocycles. The minimum absolute atomic E-state index is 0.0601. The van der Waals surface area contributed by atoms with Crippen molar-refractivity contribution in [3.63, 3.8) is 0 Å². The summed E-state index contributed by atoms with van der Waals surface area (Å²) in [5, 5.41) is 2.98. The first-order valence-corrected chi connectivity index (χ1v) is 7.21. The molecule has 6 nitrogen and oxygen atoms in total. The fourth-order valence-electron chi connectivity index (χ4n) is 2.49. The highest BCUT2D eigenvalue weighted by molar-refractivity contribution is 5.95. The van der Waals surface area contributed by atoms with Crippen LogP contribution < -0.4 is 15.8 Å². The first-order chi connectivity index (χ1) is 10.5. The number of hydrogen-bond acceptors (Lipinski definition) is 4. The van der Waals surface area contributed by atoms with E-state index < -0.39 is 0 Å². The van der Waals surface area contributed by atoms with E-state index in [-0.39, 0.29) is 17.9 Å². The molecule has 3 N–H and O–H groups in total. The van der Waals surface area contributed by atoms with E-state index in [0.717, 1.165) is 12.8 Å². The molecule has 0 radical (unpaired) electrons. The number of likely N-dealkylation sites (tertiary alicyclic amines) is 1. The van der Waals surface area contributed by atoms with Crippen LogP contribution >= 0.6 is 0 Å². The van der Waals surface area contributed by atoms with E-state index in [0.29, 0.717) is 30.1 Å². The molecule has 1 aliphatic rings. The van der Waals surface area contributed by atoms with Crippen molar-refractivity contribution in [1.29, 1.82) is 0 Å². The molecule has 0 spiro atoms. The number of methoxy groups -OCH3 is 1. The smallest absolute Gasteiger partial charge is 0.251 e. The lowest BCUT2D eigenvalue weighted by Gasteiger charge is -2.31. The van der Waals surface area contributed by atoms with Gasteiger partial charge < -0.3 is 20.7 Å². The van der Waals surface area contributed by atoms with Gasteiger partial charge in [-0.25, -0.2) is 0 Å². The Balaban J connectivity index is 1.93. The Kier molecular flexibility index (Phi) is 5.04. The summed E-state index contributed by atoms with van der Waals surface area (Å²) >= 11 is 0. The van der Waals surface area contributed by atoms with Gasteiger partial charge in [0.15, 0.2) is 0 Å². The number of carbonyl (C=O) groups is 2. The van der Waals surface area contributed by atoms with Crippen molar-refractivity contribution in [2.24, 2.45) is 0 Å². The van der Waals surface area contributed by atoms with Gasteiger partial charge in [0.25, 0.3) is 5.91 Å². The Morgan fingerprint density at radius 2 is 2.09 bits per heavy atom. The van der Waals surface area contributed by atoms with Gasteiger partial charge in [0.2, 0.25) is 5.91 Å². The summed E-state index contributed by atoms with van der Waals surface area (Å²) in [6.45, 7) is 4.73. The van der Waals surface area contributed by atoms with E-state index >= 15 is 0 Å².